The number of amides is 1. The van der Waals surface area contributed by atoms with Crippen molar-refractivity contribution in [2.24, 2.45) is 5.73 Å². The second kappa shape index (κ2) is 10.5. The fourth-order valence-electron chi connectivity index (χ4n) is 3.56. The van der Waals surface area contributed by atoms with Gasteiger partial charge in [-0.25, -0.2) is 9.97 Å². The van der Waals surface area contributed by atoms with E-state index < -0.39 is 5.91 Å². The Morgan fingerprint density at radius 2 is 2.00 bits per heavy atom. The average molecular weight is 484 g/mol. The van der Waals surface area contributed by atoms with E-state index in [-0.39, 0.29) is 0 Å². The van der Waals surface area contributed by atoms with Gasteiger partial charge in [0.15, 0.2) is 5.13 Å². The number of nitrogens with two attached hydrogens (primary N) is 1. The topological polar surface area (TPSA) is 99.4 Å². The van der Waals surface area contributed by atoms with Gasteiger partial charge in [-0.2, -0.15) is 0 Å². The molecular formula is C23H26ClN7OS. The molecule has 3 heterocycles. The molecule has 172 valence electrons. The molecule has 8 nitrogen and oxygen atoms in total. The zero-order valence-corrected chi connectivity index (χ0v) is 19.9. The fraction of sp³-hybridized carbons (Fsp3) is 0.261. The van der Waals surface area contributed by atoms with Crippen LogP contribution in [0.15, 0.2) is 55.0 Å². The number of hydrogen-bond acceptors (Lipinski definition) is 8. The predicted octanol–water partition coefficient (Wildman–Crippen LogP) is 4.79. The number of carbonyl (C=O) groups is 1. The molecule has 0 aliphatic carbocycles. The normalized spacial score (nSPS) is 12.9. The highest BCUT2D eigenvalue weighted by atomic mass is 35.5. The highest BCUT2D eigenvalue weighted by molar-refractivity contribution is 7.17. The number of aryl methyl sites for hydroxylation is 1. The van der Waals surface area contributed by atoms with Crippen LogP contribution < -0.4 is 21.3 Å². The summed E-state index contributed by atoms with van der Waals surface area (Å²) in [6.45, 7) is 4.68. The summed E-state index contributed by atoms with van der Waals surface area (Å²) in [5.41, 5.74) is 7.52. The number of pyridine rings is 1. The number of nitrogens with one attached hydrogen (secondary N) is 2. The lowest BCUT2D eigenvalue weighted by atomic mass is 10.2. The van der Waals surface area contributed by atoms with Crippen LogP contribution in [-0.4, -0.2) is 40.5 Å². The number of unbranched alkanes of at least 4 members (excludes halogenated alkanes) is 1. The van der Waals surface area contributed by atoms with Gasteiger partial charge in [0.1, 0.15) is 16.5 Å². The molecule has 1 aliphatic heterocycles. The summed E-state index contributed by atoms with van der Waals surface area (Å²) in [6, 6.07) is 11.7. The Kier molecular flexibility index (Phi) is 7.31. The molecule has 4 rings (SSSR count). The Balaban J connectivity index is 1.19. The third-order valence-electron chi connectivity index (χ3n) is 5.18. The third-order valence-corrected chi connectivity index (χ3v) is 6.41. The van der Waals surface area contributed by atoms with Crippen molar-refractivity contribution in [3.05, 3.63) is 70.5 Å². The Labute approximate surface area is 202 Å². The summed E-state index contributed by atoms with van der Waals surface area (Å²) >= 11 is 7.60. The number of primary amides is 1. The van der Waals surface area contributed by atoms with Crippen molar-refractivity contribution in [2.45, 2.75) is 19.8 Å². The second-order valence-electron chi connectivity index (χ2n) is 7.69. The van der Waals surface area contributed by atoms with E-state index in [0.29, 0.717) is 15.8 Å². The largest absolute Gasteiger partial charge is 0.370 e. The summed E-state index contributed by atoms with van der Waals surface area (Å²) in [6.07, 6.45) is 7.74. The van der Waals surface area contributed by atoms with Crippen molar-refractivity contribution in [1.29, 1.82) is 0 Å². The molecule has 0 saturated heterocycles. The lowest BCUT2D eigenvalue weighted by molar-refractivity contribution is 0.100. The van der Waals surface area contributed by atoms with Crippen LogP contribution in [0.4, 0.5) is 22.5 Å². The molecule has 0 unspecified atom stereocenters. The SMILES string of the molecule is Cc1cccc(Cl)c1N1C=CN(CCCCNc2cccc(Nc3ncc(C(N)=O)s3)n2)C1. The summed E-state index contributed by atoms with van der Waals surface area (Å²) < 4.78 is 0. The maximum atomic E-state index is 11.2. The third kappa shape index (κ3) is 5.94. The fourth-order valence-corrected chi connectivity index (χ4v) is 4.56. The van der Waals surface area contributed by atoms with Crippen LogP contribution in [0, 0.1) is 6.92 Å². The lowest BCUT2D eigenvalue weighted by Gasteiger charge is -2.23. The molecular weight excluding hydrogens is 458 g/mol. The molecule has 1 aliphatic rings. The minimum absolute atomic E-state index is 0.407. The number of nitrogens with zero attached hydrogens (tertiary/aromatic N) is 4. The Hall–Kier alpha value is -3.30. The first-order valence-corrected chi connectivity index (χ1v) is 11.9. The van der Waals surface area contributed by atoms with Crippen molar-refractivity contribution in [3.63, 3.8) is 0 Å². The molecule has 2 aromatic heterocycles. The van der Waals surface area contributed by atoms with Crippen molar-refractivity contribution in [2.75, 3.05) is 35.3 Å². The number of halogens is 1. The van der Waals surface area contributed by atoms with Crippen molar-refractivity contribution < 1.29 is 4.79 Å². The first-order chi connectivity index (χ1) is 16.0. The minimum Gasteiger partial charge on any atom is -0.370 e. The molecule has 0 saturated carbocycles. The van der Waals surface area contributed by atoms with E-state index in [2.05, 4.69) is 55.8 Å². The van der Waals surface area contributed by atoms with Gasteiger partial charge in [0.05, 0.1) is 23.6 Å². The zero-order chi connectivity index (χ0) is 23.2. The van der Waals surface area contributed by atoms with Crippen molar-refractivity contribution in [3.8, 4) is 0 Å². The van der Waals surface area contributed by atoms with E-state index in [1.807, 2.05) is 30.3 Å². The smallest absolute Gasteiger partial charge is 0.260 e. The van der Waals surface area contributed by atoms with Gasteiger partial charge in [-0.15, -0.1) is 0 Å². The molecule has 0 atom stereocenters. The molecule has 0 radical (unpaired) electrons. The van der Waals surface area contributed by atoms with Gasteiger partial charge in [0.25, 0.3) is 5.91 Å². The van der Waals surface area contributed by atoms with Gasteiger partial charge in [-0.3, -0.25) is 4.79 Å². The summed E-state index contributed by atoms with van der Waals surface area (Å²) in [4.78, 5) is 24.8. The van der Waals surface area contributed by atoms with Crippen LogP contribution in [0.3, 0.4) is 0 Å². The van der Waals surface area contributed by atoms with Gasteiger partial charge in [0, 0.05) is 25.5 Å². The molecule has 33 heavy (non-hydrogen) atoms. The van der Waals surface area contributed by atoms with Gasteiger partial charge in [0.2, 0.25) is 0 Å². The first kappa shape index (κ1) is 22.9. The Bertz CT molecular complexity index is 1130. The van der Waals surface area contributed by atoms with E-state index in [1.165, 1.54) is 23.1 Å². The average Bonchev–Trinajstić information content (AvgIpc) is 3.44. The number of rotatable bonds is 10. The van der Waals surface area contributed by atoms with E-state index in [1.54, 1.807) is 0 Å². The van der Waals surface area contributed by atoms with Gasteiger partial charge >= 0.3 is 0 Å². The van der Waals surface area contributed by atoms with Crippen LogP contribution in [-0.2, 0) is 0 Å². The summed E-state index contributed by atoms with van der Waals surface area (Å²) in [5.74, 6) is 0.954. The van der Waals surface area contributed by atoms with Crippen LogP contribution >= 0.6 is 22.9 Å². The van der Waals surface area contributed by atoms with Crippen LogP contribution in [0.1, 0.15) is 28.1 Å². The van der Waals surface area contributed by atoms with Crippen molar-refractivity contribution >= 4 is 51.3 Å². The number of thiazole rings is 1. The number of carbonyl (C=O) groups excluding carboxylic acids is 1. The molecule has 1 aromatic carbocycles. The maximum absolute atomic E-state index is 11.2. The summed E-state index contributed by atoms with van der Waals surface area (Å²) in [5, 5.41) is 7.82. The number of aromatic nitrogens is 2. The monoisotopic (exact) mass is 483 g/mol. The van der Waals surface area contributed by atoms with E-state index in [9.17, 15) is 4.79 Å². The molecule has 0 spiro atoms. The first-order valence-electron chi connectivity index (χ1n) is 10.7. The molecule has 10 heteroatoms. The number of para-hydroxylation sites is 1. The van der Waals surface area contributed by atoms with Crippen LogP contribution in [0.25, 0.3) is 0 Å². The number of benzene rings is 1. The highest BCUT2D eigenvalue weighted by Crippen LogP contribution is 2.31. The lowest BCUT2D eigenvalue weighted by Crippen LogP contribution is -2.26. The zero-order valence-electron chi connectivity index (χ0n) is 18.3. The van der Waals surface area contributed by atoms with Crippen LogP contribution in [0.2, 0.25) is 5.02 Å². The maximum Gasteiger partial charge on any atom is 0.260 e. The van der Waals surface area contributed by atoms with E-state index in [4.69, 9.17) is 17.3 Å². The van der Waals surface area contributed by atoms with E-state index >= 15 is 0 Å². The van der Waals surface area contributed by atoms with Crippen molar-refractivity contribution in [1.82, 2.24) is 14.9 Å². The molecule has 4 N–H and O–H groups in total. The van der Waals surface area contributed by atoms with Gasteiger partial charge in [-0.05, 0) is 43.5 Å². The Morgan fingerprint density at radius 1 is 1.18 bits per heavy atom. The van der Waals surface area contributed by atoms with Crippen LogP contribution in [0.5, 0.6) is 0 Å². The van der Waals surface area contributed by atoms with Gasteiger partial charge < -0.3 is 26.2 Å². The summed E-state index contributed by atoms with van der Waals surface area (Å²) in [7, 11) is 0. The number of anilines is 4. The number of hydrogen-bond donors (Lipinski definition) is 3. The standard InChI is InChI=1S/C23H26ClN7OS/c1-16-6-4-7-17(24)21(16)31-13-12-30(15-31)11-3-2-10-26-19-8-5-9-20(28-19)29-23-27-14-18(33-23)22(25)32/h4-9,12-14H,2-3,10-11,15H2,1H3,(H2,25,32)(H2,26,27,28,29). The molecule has 1 amide bonds. The minimum atomic E-state index is -0.486. The quantitative estimate of drug-likeness (QED) is 0.356. The van der Waals surface area contributed by atoms with E-state index in [0.717, 1.165) is 49.1 Å². The molecule has 3 aromatic rings. The Morgan fingerprint density at radius 3 is 2.79 bits per heavy atom. The molecule has 0 fully saturated rings. The predicted molar refractivity (Wildman–Crippen MR) is 135 cm³/mol. The highest BCUT2D eigenvalue weighted by Gasteiger charge is 2.17. The second-order valence-corrected chi connectivity index (χ2v) is 9.13. The molecule has 0 bridgehead atoms. The van der Waals surface area contributed by atoms with Gasteiger partial charge in [-0.1, -0.05) is 41.1 Å².